The molecule has 0 heterocycles. The molecule has 0 aliphatic heterocycles. The Labute approximate surface area is 125 Å². The zero-order valence-corrected chi connectivity index (χ0v) is 12.1. The standard InChI is InChI=1S/C16H12BrNO2/c17-13-8-6-12(7-9-13)15(19)10-11-16(20)18-14-4-2-1-3-5-14/h1-11H,(H,18,20)/b11-10+. The molecule has 0 bridgehead atoms. The van der Waals surface area contributed by atoms with E-state index in [2.05, 4.69) is 21.2 Å². The number of benzene rings is 2. The van der Waals surface area contributed by atoms with Crippen LogP contribution in [0.5, 0.6) is 0 Å². The van der Waals surface area contributed by atoms with E-state index in [1.54, 1.807) is 36.4 Å². The molecule has 0 aliphatic carbocycles. The number of hydrogen-bond donors (Lipinski definition) is 1. The number of hydrogen-bond acceptors (Lipinski definition) is 2. The van der Waals surface area contributed by atoms with Gasteiger partial charge in [0, 0.05) is 21.8 Å². The van der Waals surface area contributed by atoms with Crippen molar-refractivity contribution in [3.63, 3.8) is 0 Å². The summed E-state index contributed by atoms with van der Waals surface area (Å²) in [4.78, 5) is 23.5. The molecule has 0 fully saturated rings. The molecular weight excluding hydrogens is 318 g/mol. The molecule has 0 saturated heterocycles. The Balaban J connectivity index is 1.97. The Morgan fingerprint density at radius 1 is 0.900 bits per heavy atom. The van der Waals surface area contributed by atoms with Crippen molar-refractivity contribution in [2.75, 3.05) is 5.32 Å². The number of halogens is 1. The van der Waals surface area contributed by atoms with Gasteiger partial charge in [-0.1, -0.05) is 34.1 Å². The van der Waals surface area contributed by atoms with Crippen molar-refractivity contribution < 1.29 is 9.59 Å². The molecule has 0 radical (unpaired) electrons. The summed E-state index contributed by atoms with van der Waals surface area (Å²) >= 11 is 3.30. The second kappa shape index (κ2) is 6.82. The van der Waals surface area contributed by atoms with Crippen LogP contribution in [0.1, 0.15) is 10.4 Å². The number of rotatable bonds is 4. The quantitative estimate of drug-likeness (QED) is 0.684. The summed E-state index contributed by atoms with van der Waals surface area (Å²) in [5.41, 5.74) is 1.23. The molecule has 20 heavy (non-hydrogen) atoms. The van der Waals surface area contributed by atoms with Gasteiger partial charge in [0.15, 0.2) is 5.78 Å². The molecule has 2 aromatic rings. The molecule has 2 aromatic carbocycles. The van der Waals surface area contributed by atoms with Gasteiger partial charge in [0.05, 0.1) is 0 Å². The van der Waals surface area contributed by atoms with Crippen molar-refractivity contribution in [2.24, 2.45) is 0 Å². The van der Waals surface area contributed by atoms with Gasteiger partial charge in [-0.05, 0) is 42.5 Å². The fourth-order valence-electron chi connectivity index (χ4n) is 1.57. The van der Waals surface area contributed by atoms with Gasteiger partial charge in [0.2, 0.25) is 5.91 Å². The maximum atomic E-state index is 11.8. The molecule has 0 unspecified atom stereocenters. The van der Waals surface area contributed by atoms with Gasteiger partial charge in [-0.3, -0.25) is 9.59 Å². The first kappa shape index (κ1) is 14.2. The fraction of sp³-hybridized carbons (Fsp3) is 0. The topological polar surface area (TPSA) is 46.2 Å². The summed E-state index contributed by atoms with van der Waals surface area (Å²) in [5, 5.41) is 2.67. The summed E-state index contributed by atoms with van der Waals surface area (Å²) in [6.45, 7) is 0. The molecule has 4 heteroatoms. The molecule has 1 N–H and O–H groups in total. The first-order valence-electron chi connectivity index (χ1n) is 5.99. The molecule has 0 saturated carbocycles. The third kappa shape index (κ3) is 4.17. The highest BCUT2D eigenvalue weighted by molar-refractivity contribution is 9.10. The van der Waals surface area contributed by atoms with Crippen LogP contribution < -0.4 is 5.32 Å². The van der Waals surface area contributed by atoms with Crippen LogP contribution in [0.15, 0.2) is 71.2 Å². The van der Waals surface area contributed by atoms with Crippen molar-refractivity contribution in [2.45, 2.75) is 0 Å². The number of carbonyl (C=O) groups excluding carboxylic acids is 2. The third-order valence-electron chi connectivity index (χ3n) is 2.56. The van der Waals surface area contributed by atoms with Crippen molar-refractivity contribution >= 4 is 33.3 Å². The van der Waals surface area contributed by atoms with Gasteiger partial charge in [-0.25, -0.2) is 0 Å². The molecule has 0 spiro atoms. The number of nitrogens with one attached hydrogen (secondary N) is 1. The van der Waals surface area contributed by atoms with Crippen LogP contribution in [0.3, 0.4) is 0 Å². The Morgan fingerprint density at radius 3 is 2.20 bits per heavy atom. The van der Waals surface area contributed by atoms with E-state index >= 15 is 0 Å². The summed E-state index contributed by atoms with van der Waals surface area (Å²) in [7, 11) is 0. The number of allylic oxidation sites excluding steroid dienone is 1. The van der Waals surface area contributed by atoms with Crippen molar-refractivity contribution in [1.82, 2.24) is 0 Å². The van der Waals surface area contributed by atoms with Gasteiger partial charge in [-0.15, -0.1) is 0 Å². The zero-order valence-electron chi connectivity index (χ0n) is 10.5. The molecular formula is C16H12BrNO2. The normalized spacial score (nSPS) is 10.4. The van der Waals surface area contributed by atoms with Gasteiger partial charge in [0.25, 0.3) is 0 Å². The minimum Gasteiger partial charge on any atom is -0.323 e. The largest absolute Gasteiger partial charge is 0.323 e. The lowest BCUT2D eigenvalue weighted by atomic mass is 10.1. The first-order valence-corrected chi connectivity index (χ1v) is 6.78. The number of amides is 1. The average molecular weight is 330 g/mol. The molecule has 1 amide bonds. The second-order valence-electron chi connectivity index (χ2n) is 4.06. The van der Waals surface area contributed by atoms with E-state index in [0.29, 0.717) is 11.3 Å². The number of ketones is 1. The van der Waals surface area contributed by atoms with Crippen LogP contribution in [-0.4, -0.2) is 11.7 Å². The molecule has 2 rings (SSSR count). The minimum absolute atomic E-state index is 0.208. The Bertz CT molecular complexity index is 633. The van der Waals surface area contributed by atoms with Crippen LogP contribution in [0, 0.1) is 0 Å². The Hall–Kier alpha value is -2.20. The number of para-hydroxylation sites is 1. The average Bonchev–Trinajstić information content (AvgIpc) is 2.46. The molecule has 0 aromatic heterocycles. The Kier molecular flexibility index (Phi) is 4.85. The zero-order chi connectivity index (χ0) is 14.4. The predicted octanol–water partition coefficient (Wildman–Crippen LogP) is 3.83. The highest BCUT2D eigenvalue weighted by Crippen LogP contribution is 2.11. The van der Waals surface area contributed by atoms with Crippen molar-refractivity contribution in [1.29, 1.82) is 0 Å². The smallest absolute Gasteiger partial charge is 0.248 e. The number of carbonyl (C=O) groups is 2. The highest BCUT2D eigenvalue weighted by atomic mass is 79.9. The maximum Gasteiger partial charge on any atom is 0.248 e. The molecule has 0 atom stereocenters. The molecule has 3 nitrogen and oxygen atoms in total. The van der Waals surface area contributed by atoms with E-state index < -0.39 is 0 Å². The summed E-state index contributed by atoms with van der Waals surface area (Å²) in [5.74, 6) is -0.539. The maximum absolute atomic E-state index is 11.8. The third-order valence-corrected chi connectivity index (χ3v) is 3.08. The van der Waals surface area contributed by atoms with E-state index in [9.17, 15) is 9.59 Å². The number of anilines is 1. The van der Waals surface area contributed by atoms with Gasteiger partial charge in [0.1, 0.15) is 0 Å². The van der Waals surface area contributed by atoms with E-state index in [1.165, 1.54) is 12.2 Å². The van der Waals surface area contributed by atoms with E-state index in [4.69, 9.17) is 0 Å². The predicted molar refractivity (Wildman–Crippen MR) is 82.7 cm³/mol. The van der Waals surface area contributed by atoms with Crippen LogP contribution >= 0.6 is 15.9 Å². The monoisotopic (exact) mass is 329 g/mol. The van der Waals surface area contributed by atoms with Gasteiger partial charge in [-0.2, -0.15) is 0 Å². The lowest BCUT2D eigenvalue weighted by Gasteiger charge is -2.00. The van der Waals surface area contributed by atoms with Crippen molar-refractivity contribution in [3.8, 4) is 0 Å². The van der Waals surface area contributed by atoms with E-state index in [-0.39, 0.29) is 11.7 Å². The molecule has 0 aliphatic rings. The minimum atomic E-state index is -0.332. The SMILES string of the molecule is O=C(/C=C/C(=O)c1ccc(Br)cc1)Nc1ccccc1. The highest BCUT2D eigenvalue weighted by Gasteiger charge is 2.02. The van der Waals surface area contributed by atoms with Crippen LogP contribution in [-0.2, 0) is 4.79 Å². The second-order valence-corrected chi connectivity index (χ2v) is 4.98. The first-order chi connectivity index (χ1) is 9.65. The Morgan fingerprint density at radius 2 is 1.55 bits per heavy atom. The van der Waals surface area contributed by atoms with Crippen LogP contribution in [0.4, 0.5) is 5.69 Å². The van der Waals surface area contributed by atoms with Gasteiger partial charge < -0.3 is 5.32 Å². The van der Waals surface area contributed by atoms with Crippen LogP contribution in [0.25, 0.3) is 0 Å². The molecule has 100 valence electrons. The summed E-state index contributed by atoms with van der Waals surface area (Å²) in [6, 6.07) is 16.0. The fourth-order valence-corrected chi connectivity index (χ4v) is 1.83. The van der Waals surface area contributed by atoms with Gasteiger partial charge >= 0.3 is 0 Å². The summed E-state index contributed by atoms with van der Waals surface area (Å²) < 4.78 is 0.903. The lowest BCUT2D eigenvalue weighted by molar-refractivity contribution is -0.111. The van der Waals surface area contributed by atoms with E-state index in [1.807, 2.05) is 18.2 Å². The van der Waals surface area contributed by atoms with E-state index in [0.717, 1.165) is 4.47 Å². The lowest BCUT2D eigenvalue weighted by Crippen LogP contribution is -2.08. The van der Waals surface area contributed by atoms with Crippen LogP contribution in [0.2, 0.25) is 0 Å². The van der Waals surface area contributed by atoms with Crippen molar-refractivity contribution in [3.05, 3.63) is 76.8 Å². The summed E-state index contributed by atoms with van der Waals surface area (Å²) in [6.07, 6.45) is 2.50.